The molecule has 16 heavy (non-hydrogen) atoms. The summed E-state index contributed by atoms with van der Waals surface area (Å²) in [4.78, 5) is 11.1. The molecule has 1 aromatic carbocycles. The van der Waals surface area contributed by atoms with Crippen LogP contribution in [0.25, 0.3) is 0 Å². The first-order valence-corrected chi connectivity index (χ1v) is 4.90. The van der Waals surface area contributed by atoms with Gasteiger partial charge < -0.3 is 10.5 Å². The molecule has 2 N–H and O–H groups in total. The molecular formula is C11H13F2NO2. The predicted octanol–water partition coefficient (Wildman–Crippen LogP) is 1.92. The van der Waals surface area contributed by atoms with Crippen molar-refractivity contribution in [3.63, 3.8) is 0 Å². The molecule has 1 rings (SSSR count). The van der Waals surface area contributed by atoms with Crippen LogP contribution in [0.5, 0.6) is 0 Å². The largest absolute Gasteiger partial charge is 0.466 e. The summed E-state index contributed by atoms with van der Waals surface area (Å²) in [7, 11) is 0. The average Bonchev–Trinajstić information content (AvgIpc) is 2.16. The molecule has 0 bridgehead atoms. The molecule has 0 fully saturated rings. The third kappa shape index (κ3) is 3.58. The third-order valence-corrected chi connectivity index (χ3v) is 2.00. The minimum absolute atomic E-state index is 0.100. The zero-order valence-electron chi connectivity index (χ0n) is 8.87. The van der Waals surface area contributed by atoms with Crippen LogP contribution in [0, 0.1) is 11.6 Å². The number of carbonyl (C=O) groups is 1. The van der Waals surface area contributed by atoms with Crippen LogP contribution < -0.4 is 5.73 Å². The lowest BCUT2D eigenvalue weighted by molar-refractivity contribution is -0.143. The second kappa shape index (κ2) is 5.55. The average molecular weight is 229 g/mol. The van der Waals surface area contributed by atoms with Crippen molar-refractivity contribution < 1.29 is 18.3 Å². The summed E-state index contributed by atoms with van der Waals surface area (Å²) in [6, 6.07) is 2.20. The lowest BCUT2D eigenvalue weighted by Crippen LogP contribution is -2.17. The van der Waals surface area contributed by atoms with Crippen LogP contribution >= 0.6 is 0 Å². The fraction of sp³-hybridized carbons (Fsp3) is 0.364. The van der Waals surface area contributed by atoms with E-state index >= 15 is 0 Å². The molecule has 5 heteroatoms. The van der Waals surface area contributed by atoms with E-state index in [2.05, 4.69) is 4.74 Å². The molecule has 0 spiro atoms. The van der Waals surface area contributed by atoms with Gasteiger partial charge in [0.1, 0.15) is 11.6 Å². The Labute approximate surface area is 92.2 Å². The SMILES string of the molecule is CCOC(=O)CC(N)c1cc(F)cc(F)c1. The highest BCUT2D eigenvalue weighted by Gasteiger charge is 2.14. The maximum absolute atomic E-state index is 12.9. The van der Waals surface area contributed by atoms with E-state index in [0.29, 0.717) is 0 Å². The molecule has 1 atom stereocenters. The molecule has 1 aromatic rings. The van der Waals surface area contributed by atoms with Gasteiger partial charge >= 0.3 is 5.97 Å². The number of carbonyl (C=O) groups excluding carboxylic acids is 1. The zero-order valence-corrected chi connectivity index (χ0v) is 8.87. The summed E-state index contributed by atoms with van der Waals surface area (Å²) >= 11 is 0. The molecule has 0 amide bonds. The monoisotopic (exact) mass is 229 g/mol. The first-order chi connectivity index (χ1) is 7.52. The molecule has 0 aliphatic rings. The highest BCUT2D eigenvalue weighted by molar-refractivity contribution is 5.70. The van der Waals surface area contributed by atoms with Gasteiger partial charge in [-0.05, 0) is 24.6 Å². The van der Waals surface area contributed by atoms with E-state index in [1.807, 2.05) is 0 Å². The van der Waals surface area contributed by atoms with Gasteiger partial charge in [-0.2, -0.15) is 0 Å². The molecule has 1 unspecified atom stereocenters. The topological polar surface area (TPSA) is 52.3 Å². The van der Waals surface area contributed by atoms with Crippen molar-refractivity contribution in [2.75, 3.05) is 6.61 Å². The smallest absolute Gasteiger partial charge is 0.307 e. The number of halogens is 2. The van der Waals surface area contributed by atoms with Crippen molar-refractivity contribution in [2.24, 2.45) is 5.73 Å². The second-order valence-corrected chi connectivity index (χ2v) is 3.32. The molecule has 0 saturated heterocycles. The fourth-order valence-electron chi connectivity index (χ4n) is 1.31. The highest BCUT2D eigenvalue weighted by atomic mass is 19.1. The molecule has 0 aliphatic heterocycles. The van der Waals surface area contributed by atoms with E-state index in [-0.39, 0.29) is 18.6 Å². The van der Waals surface area contributed by atoms with Crippen LogP contribution in [0.1, 0.15) is 24.9 Å². The molecule has 0 aromatic heterocycles. The zero-order chi connectivity index (χ0) is 12.1. The number of hydrogen-bond donors (Lipinski definition) is 1. The van der Waals surface area contributed by atoms with E-state index in [9.17, 15) is 13.6 Å². The predicted molar refractivity (Wildman–Crippen MR) is 54.5 cm³/mol. The van der Waals surface area contributed by atoms with Crippen LogP contribution in [-0.4, -0.2) is 12.6 Å². The summed E-state index contributed by atoms with van der Waals surface area (Å²) < 4.78 is 30.4. The normalized spacial score (nSPS) is 12.2. The first-order valence-electron chi connectivity index (χ1n) is 4.90. The number of benzene rings is 1. The molecule has 0 aliphatic carbocycles. The Morgan fingerprint density at radius 3 is 2.44 bits per heavy atom. The van der Waals surface area contributed by atoms with Gasteiger partial charge in [0.25, 0.3) is 0 Å². The third-order valence-electron chi connectivity index (χ3n) is 2.00. The summed E-state index contributed by atoms with van der Waals surface area (Å²) in [6.07, 6.45) is -0.100. The molecular weight excluding hydrogens is 216 g/mol. The van der Waals surface area contributed by atoms with Crippen molar-refractivity contribution in [3.05, 3.63) is 35.4 Å². The Hall–Kier alpha value is -1.49. The van der Waals surface area contributed by atoms with Gasteiger partial charge in [0.05, 0.1) is 13.0 Å². The fourth-order valence-corrected chi connectivity index (χ4v) is 1.31. The van der Waals surface area contributed by atoms with Gasteiger partial charge in [-0.15, -0.1) is 0 Å². The second-order valence-electron chi connectivity index (χ2n) is 3.32. The van der Waals surface area contributed by atoms with Crippen molar-refractivity contribution in [1.82, 2.24) is 0 Å². The Morgan fingerprint density at radius 2 is 1.94 bits per heavy atom. The van der Waals surface area contributed by atoms with Crippen LogP contribution in [0.4, 0.5) is 8.78 Å². The van der Waals surface area contributed by atoms with E-state index in [0.717, 1.165) is 18.2 Å². The van der Waals surface area contributed by atoms with E-state index < -0.39 is 23.6 Å². The van der Waals surface area contributed by atoms with Gasteiger partial charge in [-0.25, -0.2) is 8.78 Å². The first kappa shape index (κ1) is 12.6. The minimum Gasteiger partial charge on any atom is -0.466 e. The molecule has 3 nitrogen and oxygen atoms in total. The van der Waals surface area contributed by atoms with Crippen molar-refractivity contribution in [3.8, 4) is 0 Å². The maximum atomic E-state index is 12.9. The van der Waals surface area contributed by atoms with Gasteiger partial charge in [0.15, 0.2) is 0 Å². The van der Waals surface area contributed by atoms with Gasteiger partial charge in [-0.3, -0.25) is 4.79 Å². The summed E-state index contributed by atoms with van der Waals surface area (Å²) in [5, 5.41) is 0. The Kier molecular flexibility index (Phi) is 4.37. The van der Waals surface area contributed by atoms with Crippen LogP contribution in [0.2, 0.25) is 0 Å². The Morgan fingerprint density at radius 1 is 1.38 bits per heavy atom. The maximum Gasteiger partial charge on any atom is 0.307 e. The van der Waals surface area contributed by atoms with Gasteiger partial charge in [0, 0.05) is 12.1 Å². The number of hydrogen-bond acceptors (Lipinski definition) is 3. The highest BCUT2D eigenvalue weighted by Crippen LogP contribution is 2.17. The quantitative estimate of drug-likeness (QED) is 0.802. The van der Waals surface area contributed by atoms with Crippen LogP contribution in [0.3, 0.4) is 0 Å². The summed E-state index contributed by atoms with van der Waals surface area (Å²) in [5.41, 5.74) is 5.87. The summed E-state index contributed by atoms with van der Waals surface area (Å²) in [6.45, 7) is 1.92. The number of nitrogens with two attached hydrogens (primary N) is 1. The van der Waals surface area contributed by atoms with Crippen LogP contribution in [0.15, 0.2) is 18.2 Å². The number of rotatable bonds is 4. The molecule has 88 valence electrons. The van der Waals surface area contributed by atoms with Crippen LogP contribution in [-0.2, 0) is 9.53 Å². The van der Waals surface area contributed by atoms with Crippen molar-refractivity contribution in [2.45, 2.75) is 19.4 Å². The molecule has 0 saturated carbocycles. The Balaban J connectivity index is 2.72. The summed E-state index contributed by atoms with van der Waals surface area (Å²) in [5.74, 6) is -1.91. The van der Waals surface area contributed by atoms with E-state index in [1.54, 1.807) is 6.92 Å². The van der Waals surface area contributed by atoms with Crippen molar-refractivity contribution in [1.29, 1.82) is 0 Å². The lowest BCUT2D eigenvalue weighted by Gasteiger charge is -2.11. The van der Waals surface area contributed by atoms with E-state index in [1.165, 1.54) is 0 Å². The molecule has 0 heterocycles. The van der Waals surface area contributed by atoms with Gasteiger partial charge in [0.2, 0.25) is 0 Å². The van der Waals surface area contributed by atoms with E-state index in [4.69, 9.17) is 5.73 Å². The lowest BCUT2D eigenvalue weighted by atomic mass is 10.0. The molecule has 0 radical (unpaired) electrons. The number of esters is 1. The standard InChI is InChI=1S/C11H13F2NO2/c1-2-16-11(15)6-10(14)7-3-8(12)5-9(13)4-7/h3-5,10H,2,6,14H2,1H3. The number of ether oxygens (including phenoxy) is 1. The Bertz CT molecular complexity index is 362. The minimum atomic E-state index is -0.760. The van der Waals surface area contributed by atoms with Crippen molar-refractivity contribution >= 4 is 5.97 Å². The van der Waals surface area contributed by atoms with Gasteiger partial charge in [-0.1, -0.05) is 0 Å².